The SMILES string of the molecule is NS(=O)(=O)CC[C@H]1C[C@@H](Nc2ncncc2C(=O)c2cc(C(O)c3cc(Cl)ccc3F)c(Cl)s2)C[C@@H]1O. The number of ketones is 1. The molecule has 37 heavy (non-hydrogen) atoms. The lowest BCUT2D eigenvalue weighted by molar-refractivity contribution is 0.104. The van der Waals surface area contributed by atoms with Crippen LogP contribution < -0.4 is 10.5 Å². The van der Waals surface area contributed by atoms with E-state index in [1.54, 1.807) is 0 Å². The number of benzene rings is 1. The number of hydrogen-bond donors (Lipinski definition) is 4. The van der Waals surface area contributed by atoms with Gasteiger partial charge in [0.1, 0.15) is 24.1 Å². The number of aromatic nitrogens is 2. The topological polar surface area (TPSA) is 155 Å². The quantitative estimate of drug-likeness (QED) is 0.277. The van der Waals surface area contributed by atoms with Crippen LogP contribution in [-0.4, -0.2) is 52.3 Å². The van der Waals surface area contributed by atoms with Gasteiger partial charge in [0.25, 0.3) is 0 Å². The number of rotatable bonds is 9. The molecule has 0 aliphatic heterocycles. The third kappa shape index (κ3) is 6.63. The lowest BCUT2D eigenvalue weighted by Crippen LogP contribution is -2.22. The molecule has 9 nitrogen and oxygen atoms in total. The molecule has 3 aromatic rings. The summed E-state index contributed by atoms with van der Waals surface area (Å²) >= 11 is 13.2. The number of aliphatic hydroxyl groups excluding tert-OH is 2. The van der Waals surface area contributed by atoms with Crippen LogP contribution in [0.2, 0.25) is 9.36 Å². The fourth-order valence-electron chi connectivity index (χ4n) is 4.36. The summed E-state index contributed by atoms with van der Waals surface area (Å²) < 4.78 is 36.9. The Balaban J connectivity index is 1.53. The molecule has 2 heterocycles. The Bertz CT molecular complexity index is 1420. The first-order chi connectivity index (χ1) is 17.4. The van der Waals surface area contributed by atoms with Crippen LogP contribution in [0.1, 0.15) is 51.7 Å². The number of sulfonamides is 1. The molecule has 1 aliphatic carbocycles. The number of nitrogens with two attached hydrogens (primary N) is 1. The molecule has 0 spiro atoms. The number of halogens is 3. The van der Waals surface area contributed by atoms with Crippen molar-refractivity contribution in [2.75, 3.05) is 11.1 Å². The average molecular weight is 589 g/mol. The van der Waals surface area contributed by atoms with Crippen LogP contribution in [0.5, 0.6) is 0 Å². The number of carbonyl (C=O) groups is 1. The summed E-state index contributed by atoms with van der Waals surface area (Å²) in [4.78, 5) is 21.6. The normalized spacial score (nSPS) is 20.6. The van der Waals surface area contributed by atoms with Crippen LogP contribution in [0.4, 0.5) is 10.2 Å². The van der Waals surface area contributed by atoms with E-state index in [1.807, 2.05) is 0 Å². The average Bonchev–Trinajstić information content (AvgIpc) is 3.40. The van der Waals surface area contributed by atoms with Crippen molar-refractivity contribution in [3.8, 4) is 0 Å². The molecule has 14 heteroatoms. The highest BCUT2D eigenvalue weighted by molar-refractivity contribution is 7.89. The van der Waals surface area contributed by atoms with E-state index in [4.69, 9.17) is 28.3 Å². The smallest absolute Gasteiger partial charge is 0.209 e. The number of nitrogens with zero attached hydrogens (tertiary/aromatic N) is 2. The predicted octanol–water partition coefficient (Wildman–Crippen LogP) is 3.53. The number of nitrogens with one attached hydrogen (secondary N) is 1. The standard InChI is InChI=1S/C23H23Cl2FN4O5S2/c24-12-1-2-17(26)14(6-12)20(32)15-8-19(36-22(15)25)21(33)16-9-28-10-29-23(16)30-13-5-11(18(31)7-13)3-4-37(27,34)35/h1-2,6,8-11,13,18,20,31-32H,3-5,7H2,(H2,27,34,35)(H,28,29,30)/t11-,13+,18-,20?/m0/s1. The van der Waals surface area contributed by atoms with Crippen molar-refractivity contribution in [2.45, 2.75) is 37.5 Å². The lowest BCUT2D eigenvalue weighted by atomic mass is 10.0. The van der Waals surface area contributed by atoms with Gasteiger partial charge in [0.05, 0.1) is 26.6 Å². The van der Waals surface area contributed by atoms with Crippen LogP contribution in [0.3, 0.4) is 0 Å². The van der Waals surface area contributed by atoms with Crippen LogP contribution >= 0.6 is 34.5 Å². The van der Waals surface area contributed by atoms with Gasteiger partial charge in [-0.15, -0.1) is 11.3 Å². The molecule has 0 amide bonds. The Hall–Kier alpha value is -2.19. The first-order valence-corrected chi connectivity index (χ1v) is 14.4. The number of hydrogen-bond acceptors (Lipinski definition) is 9. The summed E-state index contributed by atoms with van der Waals surface area (Å²) in [6.45, 7) is 0. The van der Waals surface area contributed by atoms with Crippen molar-refractivity contribution in [2.24, 2.45) is 11.1 Å². The third-order valence-corrected chi connectivity index (χ3v) is 8.64. The number of aliphatic hydroxyl groups is 2. The number of primary sulfonamides is 1. The molecular weight excluding hydrogens is 566 g/mol. The van der Waals surface area contributed by atoms with E-state index in [0.717, 1.165) is 17.4 Å². The van der Waals surface area contributed by atoms with E-state index in [1.165, 1.54) is 30.7 Å². The molecular formula is C23H23Cl2FN4O5S2. The molecule has 0 radical (unpaired) electrons. The highest BCUT2D eigenvalue weighted by Gasteiger charge is 2.34. The summed E-state index contributed by atoms with van der Waals surface area (Å²) in [5.74, 6) is -1.41. The van der Waals surface area contributed by atoms with Crippen molar-refractivity contribution in [3.05, 3.63) is 73.5 Å². The Labute approximate surface area is 226 Å². The van der Waals surface area contributed by atoms with Gasteiger partial charge in [-0.3, -0.25) is 4.79 Å². The molecule has 5 N–H and O–H groups in total. The minimum Gasteiger partial charge on any atom is -0.393 e. The number of carbonyl (C=O) groups excluding carboxylic acids is 1. The van der Waals surface area contributed by atoms with Gasteiger partial charge >= 0.3 is 0 Å². The second-order valence-electron chi connectivity index (χ2n) is 8.82. The van der Waals surface area contributed by atoms with Gasteiger partial charge < -0.3 is 15.5 Å². The van der Waals surface area contributed by atoms with Gasteiger partial charge in [-0.05, 0) is 49.4 Å². The van der Waals surface area contributed by atoms with Crippen molar-refractivity contribution in [3.63, 3.8) is 0 Å². The monoisotopic (exact) mass is 588 g/mol. The maximum absolute atomic E-state index is 14.3. The molecule has 1 aliphatic rings. The first-order valence-electron chi connectivity index (χ1n) is 11.1. The predicted molar refractivity (Wildman–Crippen MR) is 139 cm³/mol. The van der Waals surface area contributed by atoms with E-state index in [9.17, 15) is 27.8 Å². The lowest BCUT2D eigenvalue weighted by Gasteiger charge is -2.15. The van der Waals surface area contributed by atoms with Gasteiger partial charge in [0.2, 0.25) is 15.8 Å². The van der Waals surface area contributed by atoms with Gasteiger partial charge in [-0.2, -0.15) is 0 Å². The zero-order valence-corrected chi connectivity index (χ0v) is 22.3. The molecule has 4 atom stereocenters. The molecule has 0 bridgehead atoms. The summed E-state index contributed by atoms with van der Waals surface area (Å²) in [5, 5.41) is 29.6. The Morgan fingerprint density at radius 3 is 2.76 bits per heavy atom. The van der Waals surface area contributed by atoms with E-state index in [0.29, 0.717) is 12.8 Å². The number of anilines is 1. The van der Waals surface area contributed by atoms with Crippen LogP contribution in [0.15, 0.2) is 36.8 Å². The minimum absolute atomic E-state index is 0.0756. The van der Waals surface area contributed by atoms with Crippen molar-refractivity contribution >= 4 is 56.2 Å². The second kappa shape index (κ2) is 11.3. The van der Waals surface area contributed by atoms with Crippen LogP contribution in [-0.2, 0) is 10.0 Å². The Kier molecular flexibility index (Phi) is 8.48. The summed E-state index contributed by atoms with van der Waals surface area (Å²) in [6, 6.07) is 4.89. The second-order valence-corrected chi connectivity index (χ2v) is 12.6. The van der Waals surface area contributed by atoms with Crippen LogP contribution in [0, 0.1) is 11.7 Å². The van der Waals surface area contributed by atoms with Gasteiger partial charge in [0, 0.05) is 28.4 Å². The largest absolute Gasteiger partial charge is 0.393 e. The summed E-state index contributed by atoms with van der Waals surface area (Å²) in [7, 11) is -3.64. The summed E-state index contributed by atoms with van der Waals surface area (Å²) in [6.07, 6.45) is 1.44. The van der Waals surface area contributed by atoms with Gasteiger partial charge in [-0.1, -0.05) is 23.2 Å². The third-order valence-electron chi connectivity index (χ3n) is 6.21. The maximum Gasteiger partial charge on any atom is 0.209 e. The van der Waals surface area contributed by atoms with Crippen molar-refractivity contribution < 1.29 is 27.8 Å². The first kappa shape index (κ1) is 27.8. The van der Waals surface area contributed by atoms with E-state index in [2.05, 4.69) is 15.3 Å². The van der Waals surface area contributed by atoms with E-state index >= 15 is 0 Å². The maximum atomic E-state index is 14.3. The zero-order chi connectivity index (χ0) is 26.9. The fourth-order valence-corrected chi connectivity index (χ4v) is 6.45. The molecule has 1 fully saturated rings. The molecule has 2 aromatic heterocycles. The Morgan fingerprint density at radius 2 is 2.03 bits per heavy atom. The number of thiophene rings is 1. The molecule has 1 unspecified atom stereocenters. The van der Waals surface area contributed by atoms with E-state index < -0.39 is 33.8 Å². The molecule has 4 rings (SSSR count). The van der Waals surface area contributed by atoms with Crippen molar-refractivity contribution in [1.29, 1.82) is 0 Å². The highest BCUT2D eigenvalue weighted by Crippen LogP contribution is 2.38. The zero-order valence-electron chi connectivity index (χ0n) is 19.1. The minimum atomic E-state index is -3.64. The van der Waals surface area contributed by atoms with E-state index in [-0.39, 0.29) is 60.9 Å². The Morgan fingerprint density at radius 1 is 1.27 bits per heavy atom. The van der Waals surface area contributed by atoms with Gasteiger partial charge in [-0.25, -0.2) is 27.9 Å². The molecule has 1 saturated carbocycles. The fraction of sp³-hybridized carbons (Fsp3) is 0.348. The molecule has 1 aromatic carbocycles. The molecule has 0 saturated heterocycles. The van der Waals surface area contributed by atoms with Crippen LogP contribution in [0.25, 0.3) is 0 Å². The van der Waals surface area contributed by atoms with Gasteiger partial charge in [0.15, 0.2) is 0 Å². The summed E-state index contributed by atoms with van der Waals surface area (Å²) in [5.41, 5.74) is 0.213. The molecule has 198 valence electrons. The van der Waals surface area contributed by atoms with Crippen molar-refractivity contribution in [1.82, 2.24) is 9.97 Å². The highest BCUT2D eigenvalue weighted by atomic mass is 35.5.